The van der Waals surface area contributed by atoms with Crippen LogP contribution in [0.1, 0.15) is 27.2 Å². The van der Waals surface area contributed by atoms with Crippen molar-refractivity contribution in [3.8, 4) is 5.75 Å². The number of aromatic nitrogens is 1. The van der Waals surface area contributed by atoms with Gasteiger partial charge in [0.2, 0.25) is 5.60 Å². The van der Waals surface area contributed by atoms with Gasteiger partial charge in [-0.2, -0.15) is 0 Å². The summed E-state index contributed by atoms with van der Waals surface area (Å²) in [7, 11) is 0. The van der Waals surface area contributed by atoms with Gasteiger partial charge in [-0.3, -0.25) is 9.69 Å². The van der Waals surface area contributed by atoms with Crippen LogP contribution >= 0.6 is 0 Å². The average Bonchev–Trinajstić information content (AvgIpc) is 2.76. The summed E-state index contributed by atoms with van der Waals surface area (Å²) in [4.78, 5) is 18.8. The first-order chi connectivity index (χ1) is 8.91. The van der Waals surface area contributed by atoms with Gasteiger partial charge in [-0.1, -0.05) is 0 Å². The summed E-state index contributed by atoms with van der Waals surface area (Å²) in [5, 5.41) is 2.86. The van der Waals surface area contributed by atoms with Gasteiger partial charge in [-0.05, 0) is 32.9 Å². The van der Waals surface area contributed by atoms with E-state index in [4.69, 9.17) is 4.74 Å². The maximum Gasteiger partial charge on any atom is 0.271 e. The molecule has 0 radical (unpaired) electrons. The highest BCUT2D eigenvalue weighted by atomic mass is 16.5. The number of anilines is 1. The van der Waals surface area contributed by atoms with Gasteiger partial charge in [-0.15, -0.1) is 0 Å². The maximum atomic E-state index is 12.4. The molecule has 1 amide bonds. The van der Waals surface area contributed by atoms with Crippen molar-refractivity contribution in [2.75, 3.05) is 18.4 Å². The SMILES string of the molecule is CC(C)(C)N1CCC2(C1)Oc1cccnc1NC2=O. The molecule has 0 saturated carbocycles. The zero-order valence-corrected chi connectivity index (χ0v) is 11.6. The second-order valence-corrected chi connectivity index (χ2v) is 6.24. The Balaban J connectivity index is 1.89. The maximum absolute atomic E-state index is 12.4. The van der Waals surface area contributed by atoms with E-state index in [9.17, 15) is 4.79 Å². The number of nitrogens with one attached hydrogen (secondary N) is 1. The topological polar surface area (TPSA) is 54.5 Å². The van der Waals surface area contributed by atoms with Crippen LogP contribution in [0.2, 0.25) is 0 Å². The molecule has 0 bridgehead atoms. The molecule has 1 aromatic heterocycles. The zero-order valence-electron chi connectivity index (χ0n) is 11.6. The lowest BCUT2D eigenvalue weighted by atomic mass is 9.99. The number of hydrogen-bond acceptors (Lipinski definition) is 4. The molecule has 3 heterocycles. The molecule has 19 heavy (non-hydrogen) atoms. The first-order valence-corrected chi connectivity index (χ1v) is 6.61. The molecular formula is C14H19N3O2. The normalized spacial score (nSPS) is 27.0. The predicted molar refractivity (Wildman–Crippen MR) is 72.2 cm³/mol. The van der Waals surface area contributed by atoms with Crippen LogP contribution in [-0.4, -0.2) is 40.0 Å². The minimum absolute atomic E-state index is 0.0440. The van der Waals surface area contributed by atoms with E-state index in [0.717, 1.165) is 6.54 Å². The molecule has 1 N–H and O–H groups in total. The van der Waals surface area contributed by atoms with Crippen molar-refractivity contribution in [3.63, 3.8) is 0 Å². The summed E-state index contributed by atoms with van der Waals surface area (Å²) in [5.74, 6) is 1.11. The summed E-state index contributed by atoms with van der Waals surface area (Å²) in [5.41, 5.74) is -0.717. The minimum Gasteiger partial charge on any atom is -0.472 e. The lowest BCUT2D eigenvalue weighted by molar-refractivity contribution is -0.131. The second-order valence-electron chi connectivity index (χ2n) is 6.24. The van der Waals surface area contributed by atoms with Gasteiger partial charge in [0.25, 0.3) is 5.91 Å². The number of pyridine rings is 1. The van der Waals surface area contributed by atoms with E-state index < -0.39 is 5.60 Å². The molecule has 1 spiro atoms. The minimum atomic E-state index is -0.761. The van der Waals surface area contributed by atoms with E-state index in [2.05, 4.69) is 36.0 Å². The number of amides is 1. The molecule has 5 heteroatoms. The molecule has 1 saturated heterocycles. The first kappa shape index (κ1) is 12.4. The Morgan fingerprint density at radius 3 is 2.95 bits per heavy atom. The van der Waals surface area contributed by atoms with Crippen molar-refractivity contribution in [2.24, 2.45) is 0 Å². The molecule has 2 aliphatic heterocycles. The fraction of sp³-hybridized carbons (Fsp3) is 0.571. The Labute approximate surface area is 113 Å². The molecule has 3 rings (SSSR count). The van der Waals surface area contributed by atoms with E-state index in [1.165, 1.54) is 0 Å². The number of likely N-dealkylation sites (tertiary alicyclic amines) is 1. The number of carbonyl (C=O) groups excluding carboxylic acids is 1. The Kier molecular flexibility index (Phi) is 2.57. The largest absolute Gasteiger partial charge is 0.472 e. The third-order valence-corrected chi connectivity index (χ3v) is 3.90. The Morgan fingerprint density at radius 2 is 2.26 bits per heavy atom. The van der Waals surface area contributed by atoms with Gasteiger partial charge in [0.1, 0.15) is 0 Å². The zero-order chi connectivity index (χ0) is 13.7. The van der Waals surface area contributed by atoms with Gasteiger partial charge in [0.15, 0.2) is 11.6 Å². The molecule has 102 valence electrons. The standard InChI is InChI=1S/C14H19N3O2/c1-13(2,3)17-8-6-14(9-17)12(18)16-11-10(19-14)5-4-7-15-11/h4-5,7H,6,8-9H2,1-3H3,(H,15,16,18). The molecule has 2 aliphatic rings. The Bertz CT molecular complexity index is 524. The molecule has 1 unspecified atom stereocenters. The Hall–Kier alpha value is -1.62. The van der Waals surface area contributed by atoms with E-state index in [0.29, 0.717) is 24.5 Å². The van der Waals surface area contributed by atoms with Gasteiger partial charge in [0, 0.05) is 31.2 Å². The van der Waals surface area contributed by atoms with Crippen molar-refractivity contribution in [1.82, 2.24) is 9.88 Å². The van der Waals surface area contributed by atoms with Crippen LogP contribution in [0.15, 0.2) is 18.3 Å². The molecular weight excluding hydrogens is 242 g/mol. The number of ether oxygens (including phenoxy) is 1. The number of hydrogen-bond donors (Lipinski definition) is 1. The molecule has 1 atom stereocenters. The summed E-state index contributed by atoms with van der Waals surface area (Å²) in [6.45, 7) is 7.95. The number of fused-ring (bicyclic) bond motifs is 1. The van der Waals surface area contributed by atoms with E-state index in [1.54, 1.807) is 6.20 Å². The van der Waals surface area contributed by atoms with Crippen LogP contribution in [-0.2, 0) is 4.79 Å². The lowest BCUT2D eigenvalue weighted by Gasteiger charge is -2.36. The molecule has 0 aromatic carbocycles. The van der Waals surface area contributed by atoms with Crippen molar-refractivity contribution >= 4 is 11.7 Å². The summed E-state index contributed by atoms with van der Waals surface area (Å²) in [6.07, 6.45) is 2.36. The number of rotatable bonds is 0. The predicted octanol–water partition coefficient (Wildman–Crippen LogP) is 1.66. The van der Waals surface area contributed by atoms with Gasteiger partial charge < -0.3 is 10.1 Å². The third-order valence-electron chi connectivity index (χ3n) is 3.90. The van der Waals surface area contributed by atoms with E-state index in [-0.39, 0.29) is 11.4 Å². The molecule has 1 fully saturated rings. The highest BCUT2D eigenvalue weighted by molar-refractivity contribution is 6.00. The van der Waals surface area contributed by atoms with Gasteiger partial charge in [0.05, 0.1) is 0 Å². The summed E-state index contributed by atoms with van der Waals surface area (Å²) in [6, 6.07) is 3.67. The molecule has 5 nitrogen and oxygen atoms in total. The molecule has 0 aliphatic carbocycles. The first-order valence-electron chi connectivity index (χ1n) is 6.61. The van der Waals surface area contributed by atoms with Crippen LogP contribution in [0.25, 0.3) is 0 Å². The average molecular weight is 261 g/mol. The van der Waals surface area contributed by atoms with Crippen molar-refractivity contribution in [2.45, 2.75) is 38.3 Å². The van der Waals surface area contributed by atoms with Crippen LogP contribution in [0, 0.1) is 0 Å². The van der Waals surface area contributed by atoms with Crippen molar-refractivity contribution in [1.29, 1.82) is 0 Å². The van der Waals surface area contributed by atoms with Gasteiger partial charge in [-0.25, -0.2) is 4.98 Å². The highest BCUT2D eigenvalue weighted by Crippen LogP contribution is 2.38. The summed E-state index contributed by atoms with van der Waals surface area (Å²) < 4.78 is 6.00. The second kappa shape index (κ2) is 3.93. The fourth-order valence-electron chi connectivity index (χ4n) is 2.67. The fourth-order valence-corrected chi connectivity index (χ4v) is 2.67. The third kappa shape index (κ3) is 1.98. The number of carbonyl (C=O) groups is 1. The van der Waals surface area contributed by atoms with Crippen LogP contribution in [0.4, 0.5) is 5.82 Å². The van der Waals surface area contributed by atoms with Crippen molar-refractivity contribution in [3.05, 3.63) is 18.3 Å². The Morgan fingerprint density at radius 1 is 1.47 bits per heavy atom. The monoisotopic (exact) mass is 261 g/mol. The van der Waals surface area contributed by atoms with Crippen LogP contribution < -0.4 is 10.1 Å². The van der Waals surface area contributed by atoms with Crippen molar-refractivity contribution < 1.29 is 9.53 Å². The van der Waals surface area contributed by atoms with E-state index in [1.807, 2.05) is 12.1 Å². The van der Waals surface area contributed by atoms with Gasteiger partial charge >= 0.3 is 0 Å². The summed E-state index contributed by atoms with van der Waals surface area (Å²) >= 11 is 0. The van der Waals surface area contributed by atoms with Crippen LogP contribution in [0.3, 0.4) is 0 Å². The quantitative estimate of drug-likeness (QED) is 0.771. The molecule has 1 aromatic rings. The smallest absolute Gasteiger partial charge is 0.271 e. The highest BCUT2D eigenvalue weighted by Gasteiger charge is 2.51. The van der Waals surface area contributed by atoms with Crippen LogP contribution in [0.5, 0.6) is 5.75 Å². The van der Waals surface area contributed by atoms with E-state index >= 15 is 0 Å². The lowest BCUT2D eigenvalue weighted by Crippen LogP contribution is -2.54. The number of nitrogens with zero attached hydrogens (tertiary/aromatic N) is 2.